The van der Waals surface area contributed by atoms with Crippen molar-refractivity contribution < 1.29 is 14.3 Å². The van der Waals surface area contributed by atoms with Crippen LogP contribution in [0, 0.1) is 5.92 Å². The fourth-order valence-corrected chi connectivity index (χ4v) is 4.09. The van der Waals surface area contributed by atoms with Gasteiger partial charge in [-0.25, -0.2) is 0 Å². The summed E-state index contributed by atoms with van der Waals surface area (Å²) in [5.41, 5.74) is 2.80. The third-order valence-electron chi connectivity index (χ3n) is 6.55. The molecule has 1 amide bonds. The number of amides is 1. The maximum absolute atomic E-state index is 13.7. The van der Waals surface area contributed by atoms with Gasteiger partial charge in [-0.3, -0.25) is 4.79 Å². The van der Waals surface area contributed by atoms with Crippen molar-refractivity contribution in [1.29, 1.82) is 0 Å². The topological polar surface area (TPSA) is 42.0 Å². The molecule has 0 fully saturated rings. The first-order chi connectivity index (χ1) is 18.6. The predicted molar refractivity (Wildman–Crippen MR) is 162 cm³/mol. The van der Waals surface area contributed by atoms with Crippen molar-refractivity contribution in [2.75, 3.05) is 27.2 Å². The molecule has 0 N–H and O–H groups in total. The summed E-state index contributed by atoms with van der Waals surface area (Å²) in [6.45, 7) is 20.2. The standard InChI is InChI=1S/C34H46N2O3/c1-9-28(4)20-23-36(33(37)21-22-35(7)8)34(6,39-26-31-18-14-11-15-19-31)24-32(27(2)3)29(5)38-25-30-16-12-10-13-17-30/h9-19,24,27H,1,4-5,20-23,25-26H2,2-3,6-8H3/b32-24-. The molecule has 0 radical (unpaired) electrons. The van der Waals surface area contributed by atoms with Gasteiger partial charge in [-0.15, -0.1) is 0 Å². The Hall–Kier alpha value is -3.41. The van der Waals surface area contributed by atoms with E-state index in [0.29, 0.717) is 44.9 Å². The van der Waals surface area contributed by atoms with E-state index in [2.05, 4.69) is 33.6 Å². The monoisotopic (exact) mass is 530 g/mol. The van der Waals surface area contributed by atoms with Gasteiger partial charge in [0.15, 0.2) is 5.72 Å². The van der Waals surface area contributed by atoms with E-state index in [4.69, 9.17) is 9.47 Å². The number of hydrogen-bond acceptors (Lipinski definition) is 4. The summed E-state index contributed by atoms with van der Waals surface area (Å²) in [5, 5.41) is 0. The Bertz CT molecular complexity index is 1110. The van der Waals surface area contributed by atoms with Crippen molar-refractivity contribution >= 4 is 5.91 Å². The molecule has 210 valence electrons. The molecule has 1 unspecified atom stereocenters. The van der Waals surface area contributed by atoms with E-state index in [0.717, 1.165) is 22.3 Å². The molecule has 0 aliphatic carbocycles. The molecule has 0 aromatic heterocycles. The van der Waals surface area contributed by atoms with Crippen molar-refractivity contribution in [2.24, 2.45) is 5.92 Å². The normalized spacial score (nSPS) is 13.2. The first-order valence-corrected chi connectivity index (χ1v) is 13.6. The number of carbonyl (C=O) groups excluding carboxylic acids is 1. The Kier molecular flexibility index (Phi) is 12.9. The second-order valence-corrected chi connectivity index (χ2v) is 10.5. The lowest BCUT2D eigenvalue weighted by molar-refractivity contribution is -0.161. The van der Waals surface area contributed by atoms with Crippen LogP contribution in [0.15, 0.2) is 109 Å². The lowest BCUT2D eigenvalue weighted by atomic mass is 9.96. The maximum Gasteiger partial charge on any atom is 0.226 e. The van der Waals surface area contributed by atoms with E-state index in [1.807, 2.05) is 97.6 Å². The number of rotatable bonds is 17. The largest absolute Gasteiger partial charge is 0.489 e. The first kappa shape index (κ1) is 31.8. The molecule has 0 aliphatic heterocycles. The highest BCUT2D eigenvalue weighted by molar-refractivity contribution is 5.77. The first-order valence-electron chi connectivity index (χ1n) is 13.6. The molecule has 0 heterocycles. The fraction of sp³-hybridized carbons (Fsp3) is 0.382. The SMILES string of the molecule is C=CC(=C)CCN(C(=O)CCN(C)C)C(C)(/C=C(\C(=C)OCc1ccccc1)C(C)C)OCc1ccccc1. The van der Waals surface area contributed by atoms with E-state index in [-0.39, 0.29) is 11.8 Å². The van der Waals surface area contributed by atoms with Gasteiger partial charge in [-0.2, -0.15) is 0 Å². The molecule has 39 heavy (non-hydrogen) atoms. The Morgan fingerprint density at radius 1 is 0.923 bits per heavy atom. The Labute approximate surface area is 236 Å². The summed E-state index contributed by atoms with van der Waals surface area (Å²) < 4.78 is 12.8. The molecule has 0 saturated heterocycles. The molecule has 0 aliphatic rings. The van der Waals surface area contributed by atoms with Crippen molar-refractivity contribution in [3.05, 3.63) is 121 Å². The van der Waals surface area contributed by atoms with Gasteiger partial charge in [-0.1, -0.05) is 106 Å². The minimum absolute atomic E-state index is 0.00583. The predicted octanol–water partition coefficient (Wildman–Crippen LogP) is 7.14. The summed E-state index contributed by atoms with van der Waals surface area (Å²) in [5.74, 6) is 0.667. The zero-order valence-corrected chi connectivity index (χ0v) is 24.5. The van der Waals surface area contributed by atoms with Crippen molar-refractivity contribution in [3.63, 3.8) is 0 Å². The highest BCUT2D eigenvalue weighted by Gasteiger charge is 2.35. The lowest BCUT2D eigenvalue weighted by Crippen LogP contribution is -2.51. The van der Waals surface area contributed by atoms with E-state index < -0.39 is 5.72 Å². The van der Waals surface area contributed by atoms with Crippen LogP contribution in [-0.4, -0.2) is 48.6 Å². The molecular weight excluding hydrogens is 484 g/mol. The molecule has 2 rings (SSSR count). The molecule has 0 bridgehead atoms. The lowest BCUT2D eigenvalue weighted by Gasteiger charge is -2.40. The van der Waals surface area contributed by atoms with Crippen molar-refractivity contribution in [2.45, 2.75) is 52.6 Å². The van der Waals surface area contributed by atoms with Crippen LogP contribution in [0.4, 0.5) is 0 Å². The minimum Gasteiger partial charge on any atom is -0.489 e. The van der Waals surface area contributed by atoms with E-state index in [1.165, 1.54) is 0 Å². The van der Waals surface area contributed by atoms with Crippen LogP contribution in [0.25, 0.3) is 0 Å². The van der Waals surface area contributed by atoms with Crippen molar-refractivity contribution in [3.8, 4) is 0 Å². The molecule has 1 atom stereocenters. The summed E-state index contributed by atoms with van der Waals surface area (Å²) in [6, 6.07) is 20.0. The molecule has 2 aromatic rings. The van der Waals surface area contributed by atoms with Crippen LogP contribution in [0.2, 0.25) is 0 Å². The average molecular weight is 531 g/mol. The third-order valence-corrected chi connectivity index (χ3v) is 6.55. The van der Waals surface area contributed by atoms with Gasteiger partial charge in [0.05, 0.1) is 6.61 Å². The number of hydrogen-bond donors (Lipinski definition) is 0. The molecule has 2 aromatic carbocycles. The Morgan fingerprint density at radius 3 is 2.00 bits per heavy atom. The van der Waals surface area contributed by atoms with Crippen LogP contribution in [0.1, 0.15) is 44.7 Å². The van der Waals surface area contributed by atoms with E-state index >= 15 is 0 Å². The number of ether oxygens (including phenoxy) is 2. The van der Waals surface area contributed by atoms with Gasteiger partial charge in [-0.05, 0) is 56.1 Å². The Morgan fingerprint density at radius 2 is 1.49 bits per heavy atom. The summed E-state index contributed by atoms with van der Waals surface area (Å²) in [6.07, 6.45) is 4.71. The number of allylic oxidation sites excluding steroid dienone is 2. The summed E-state index contributed by atoms with van der Waals surface area (Å²) >= 11 is 0. The Balaban J connectivity index is 2.47. The van der Waals surface area contributed by atoms with Crippen LogP contribution >= 0.6 is 0 Å². The third kappa shape index (κ3) is 10.7. The van der Waals surface area contributed by atoms with Crippen LogP contribution in [-0.2, 0) is 27.5 Å². The van der Waals surface area contributed by atoms with Crippen LogP contribution < -0.4 is 0 Å². The highest BCUT2D eigenvalue weighted by atomic mass is 16.5. The molecule has 5 heteroatoms. The van der Waals surface area contributed by atoms with Gasteiger partial charge in [0.2, 0.25) is 5.91 Å². The molecule has 0 saturated carbocycles. The number of benzene rings is 2. The molecular formula is C34H46N2O3. The van der Waals surface area contributed by atoms with Crippen molar-refractivity contribution in [1.82, 2.24) is 9.80 Å². The van der Waals surface area contributed by atoms with Gasteiger partial charge in [0.1, 0.15) is 12.4 Å². The fourth-order valence-electron chi connectivity index (χ4n) is 4.09. The minimum atomic E-state index is -1.06. The van der Waals surface area contributed by atoms with Gasteiger partial charge in [0, 0.05) is 19.5 Å². The van der Waals surface area contributed by atoms with E-state index in [9.17, 15) is 4.79 Å². The highest BCUT2D eigenvalue weighted by Crippen LogP contribution is 2.30. The second kappa shape index (κ2) is 15.9. The zero-order chi connectivity index (χ0) is 28.8. The number of nitrogens with zero attached hydrogens (tertiary/aromatic N) is 2. The number of carbonyl (C=O) groups is 1. The average Bonchev–Trinajstić information content (AvgIpc) is 2.93. The van der Waals surface area contributed by atoms with Gasteiger partial charge >= 0.3 is 0 Å². The van der Waals surface area contributed by atoms with Crippen LogP contribution in [0.3, 0.4) is 0 Å². The van der Waals surface area contributed by atoms with Gasteiger partial charge < -0.3 is 19.3 Å². The van der Waals surface area contributed by atoms with Gasteiger partial charge in [0.25, 0.3) is 0 Å². The smallest absolute Gasteiger partial charge is 0.226 e. The quantitative estimate of drug-likeness (QED) is 0.124. The second-order valence-electron chi connectivity index (χ2n) is 10.5. The van der Waals surface area contributed by atoms with E-state index in [1.54, 1.807) is 6.08 Å². The maximum atomic E-state index is 13.7. The summed E-state index contributed by atoms with van der Waals surface area (Å²) in [7, 11) is 3.93. The zero-order valence-electron chi connectivity index (χ0n) is 24.5. The molecule has 5 nitrogen and oxygen atoms in total. The summed E-state index contributed by atoms with van der Waals surface area (Å²) in [4.78, 5) is 17.5. The van der Waals surface area contributed by atoms with Crippen LogP contribution in [0.5, 0.6) is 0 Å². The molecule has 0 spiro atoms.